The van der Waals surface area contributed by atoms with E-state index in [1.165, 1.54) is 17.6 Å². The Labute approximate surface area is 174 Å². The SMILES string of the molecule is COC(=O)c1ccc(Cn2cnc3sc4c(c3c2=O)CC[C@H](C(C)(C)C)C4)cc1. The van der Waals surface area contributed by atoms with E-state index in [4.69, 9.17) is 4.74 Å². The van der Waals surface area contributed by atoms with Crippen LogP contribution in [0.2, 0.25) is 0 Å². The smallest absolute Gasteiger partial charge is 0.337 e. The maximum atomic E-state index is 13.2. The van der Waals surface area contributed by atoms with Crippen LogP contribution in [-0.4, -0.2) is 22.6 Å². The van der Waals surface area contributed by atoms with Crippen molar-refractivity contribution in [2.45, 2.75) is 46.6 Å². The number of ether oxygens (including phenoxy) is 1. The van der Waals surface area contributed by atoms with E-state index in [9.17, 15) is 9.59 Å². The Morgan fingerprint density at radius 2 is 2.00 bits per heavy atom. The molecule has 1 aliphatic rings. The van der Waals surface area contributed by atoms with Crippen LogP contribution in [0.15, 0.2) is 35.4 Å². The largest absolute Gasteiger partial charge is 0.465 e. The lowest BCUT2D eigenvalue weighted by Gasteiger charge is -2.33. The number of rotatable bonds is 3. The lowest BCUT2D eigenvalue weighted by molar-refractivity contribution is 0.0600. The molecular weight excluding hydrogens is 384 g/mol. The Morgan fingerprint density at radius 1 is 1.28 bits per heavy atom. The minimum atomic E-state index is -0.365. The number of methoxy groups -OCH3 is 1. The Bertz CT molecular complexity index is 1120. The van der Waals surface area contributed by atoms with Crippen LogP contribution in [0.5, 0.6) is 0 Å². The highest BCUT2D eigenvalue weighted by Gasteiger charge is 2.31. The molecular formula is C23H26N2O3S. The number of carbonyl (C=O) groups is 1. The van der Waals surface area contributed by atoms with E-state index in [0.29, 0.717) is 18.0 Å². The van der Waals surface area contributed by atoms with E-state index >= 15 is 0 Å². The summed E-state index contributed by atoms with van der Waals surface area (Å²) in [6.07, 6.45) is 4.74. The van der Waals surface area contributed by atoms with Crippen molar-refractivity contribution in [3.63, 3.8) is 0 Å². The van der Waals surface area contributed by atoms with Gasteiger partial charge in [0.15, 0.2) is 0 Å². The van der Waals surface area contributed by atoms with E-state index in [1.807, 2.05) is 12.1 Å². The van der Waals surface area contributed by atoms with Crippen molar-refractivity contribution in [1.29, 1.82) is 0 Å². The van der Waals surface area contributed by atoms with Gasteiger partial charge in [-0.15, -0.1) is 11.3 Å². The lowest BCUT2D eigenvalue weighted by Crippen LogP contribution is -2.27. The predicted octanol–water partition coefficient (Wildman–Crippen LogP) is 4.44. The second kappa shape index (κ2) is 7.41. The second-order valence-corrected chi connectivity index (χ2v) is 9.94. The summed E-state index contributed by atoms with van der Waals surface area (Å²) in [5.41, 5.74) is 2.95. The number of thiophene rings is 1. The molecule has 0 aliphatic heterocycles. The molecule has 1 aliphatic carbocycles. The molecule has 2 aromatic heterocycles. The molecule has 0 saturated heterocycles. The molecule has 152 valence electrons. The highest BCUT2D eigenvalue weighted by molar-refractivity contribution is 7.18. The summed E-state index contributed by atoms with van der Waals surface area (Å²) >= 11 is 1.68. The third-order valence-electron chi connectivity index (χ3n) is 5.99. The fourth-order valence-electron chi connectivity index (χ4n) is 4.11. The summed E-state index contributed by atoms with van der Waals surface area (Å²) in [5, 5.41) is 0.797. The first-order valence-corrected chi connectivity index (χ1v) is 10.8. The first-order chi connectivity index (χ1) is 13.8. The molecule has 5 nitrogen and oxygen atoms in total. The summed E-state index contributed by atoms with van der Waals surface area (Å²) in [6.45, 7) is 7.32. The molecule has 29 heavy (non-hydrogen) atoms. The number of esters is 1. The van der Waals surface area contributed by atoms with Crippen molar-refractivity contribution < 1.29 is 9.53 Å². The van der Waals surface area contributed by atoms with Gasteiger partial charge < -0.3 is 4.74 Å². The van der Waals surface area contributed by atoms with Crippen LogP contribution >= 0.6 is 11.3 Å². The average molecular weight is 411 g/mol. The first kappa shape index (κ1) is 19.8. The zero-order chi connectivity index (χ0) is 20.8. The summed E-state index contributed by atoms with van der Waals surface area (Å²) < 4.78 is 6.40. The van der Waals surface area contributed by atoms with Gasteiger partial charge >= 0.3 is 5.97 Å². The van der Waals surface area contributed by atoms with Crippen LogP contribution < -0.4 is 5.56 Å². The molecule has 0 saturated carbocycles. The van der Waals surface area contributed by atoms with Crippen molar-refractivity contribution in [1.82, 2.24) is 9.55 Å². The molecule has 1 aromatic carbocycles. The minimum absolute atomic E-state index is 0.0266. The topological polar surface area (TPSA) is 61.2 Å². The van der Waals surface area contributed by atoms with Crippen LogP contribution in [0.3, 0.4) is 0 Å². The van der Waals surface area contributed by atoms with Crippen LogP contribution in [0.1, 0.15) is 53.6 Å². The average Bonchev–Trinajstić information content (AvgIpc) is 3.08. The second-order valence-electron chi connectivity index (χ2n) is 8.86. The summed E-state index contributed by atoms with van der Waals surface area (Å²) in [4.78, 5) is 31.6. The number of benzene rings is 1. The number of nitrogens with zero attached hydrogens (tertiary/aromatic N) is 2. The predicted molar refractivity (Wildman–Crippen MR) is 116 cm³/mol. The zero-order valence-corrected chi connectivity index (χ0v) is 18.1. The van der Waals surface area contributed by atoms with E-state index < -0.39 is 0 Å². The molecule has 3 aromatic rings. The lowest BCUT2D eigenvalue weighted by atomic mass is 9.72. The monoisotopic (exact) mass is 410 g/mol. The van der Waals surface area contributed by atoms with Crippen molar-refractivity contribution in [2.24, 2.45) is 11.3 Å². The number of hydrogen-bond acceptors (Lipinski definition) is 5. The molecule has 0 N–H and O–H groups in total. The van der Waals surface area contributed by atoms with Crippen LogP contribution in [-0.2, 0) is 24.1 Å². The molecule has 0 unspecified atom stereocenters. The van der Waals surface area contributed by atoms with E-state index in [2.05, 4.69) is 25.8 Å². The fraction of sp³-hybridized carbons (Fsp3) is 0.435. The third-order valence-corrected chi connectivity index (χ3v) is 7.15. The van der Waals surface area contributed by atoms with Gasteiger partial charge in [-0.25, -0.2) is 9.78 Å². The highest BCUT2D eigenvalue weighted by Crippen LogP contribution is 2.41. The highest BCUT2D eigenvalue weighted by atomic mass is 32.1. The van der Waals surface area contributed by atoms with Gasteiger partial charge in [-0.3, -0.25) is 9.36 Å². The molecule has 0 fully saturated rings. The molecule has 0 radical (unpaired) electrons. The van der Waals surface area contributed by atoms with Crippen LogP contribution in [0.25, 0.3) is 10.2 Å². The summed E-state index contributed by atoms with van der Waals surface area (Å²) in [5.74, 6) is 0.272. The number of aryl methyl sites for hydroxylation is 1. The van der Waals surface area contributed by atoms with Crippen molar-refractivity contribution in [3.05, 3.63) is 62.5 Å². The molecule has 0 bridgehead atoms. The van der Waals surface area contributed by atoms with Crippen LogP contribution in [0.4, 0.5) is 0 Å². The maximum Gasteiger partial charge on any atom is 0.337 e. The fourth-order valence-corrected chi connectivity index (χ4v) is 5.37. The van der Waals surface area contributed by atoms with Gasteiger partial charge in [-0.2, -0.15) is 0 Å². The molecule has 0 spiro atoms. The van der Waals surface area contributed by atoms with Crippen molar-refractivity contribution >= 4 is 27.5 Å². The van der Waals surface area contributed by atoms with Crippen LogP contribution in [0, 0.1) is 11.3 Å². The number of carbonyl (C=O) groups excluding carboxylic acids is 1. The molecule has 2 heterocycles. The Kier molecular flexibility index (Phi) is 5.07. The summed E-state index contributed by atoms with van der Waals surface area (Å²) in [7, 11) is 1.36. The van der Waals surface area contributed by atoms with Gasteiger partial charge in [0.1, 0.15) is 4.83 Å². The number of hydrogen-bond donors (Lipinski definition) is 0. The quantitative estimate of drug-likeness (QED) is 0.599. The van der Waals surface area contributed by atoms with Crippen molar-refractivity contribution in [2.75, 3.05) is 7.11 Å². The van der Waals surface area contributed by atoms with Gasteiger partial charge in [0.05, 0.1) is 30.9 Å². The van der Waals surface area contributed by atoms with Gasteiger partial charge in [0.25, 0.3) is 5.56 Å². The van der Waals surface area contributed by atoms with E-state index in [0.717, 1.165) is 35.0 Å². The molecule has 6 heteroatoms. The summed E-state index contributed by atoms with van der Waals surface area (Å²) in [6, 6.07) is 7.13. The van der Waals surface area contributed by atoms with E-state index in [-0.39, 0.29) is 16.9 Å². The molecule has 1 atom stereocenters. The Balaban J connectivity index is 1.65. The maximum absolute atomic E-state index is 13.2. The van der Waals surface area contributed by atoms with Gasteiger partial charge in [0.2, 0.25) is 0 Å². The molecule has 4 rings (SSSR count). The Hall–Kier alpha value is -2.47. The van der Waals surface area contributed by atoms with Gasteiger partial charge in [-0.05, 0) is 53.9 Å². The Morgan fingerprint density at radius 3 is 2.66 bits per heavy atom. The van der Waals surface area contributed by atoms with Gasteiger partial charge in [-0.1, -0.05) is 32.9 Å². The standard InChI is InChI=1S/C23H26N2O3S/c1-23(2,3)16-9-10-17-18(11-16)29-20-19(17)21(26)25(13-24-20)12-14-5-7-15(8-6-14)22(27)28-4/h5-8,13,16H,9-12H2,1-4H3/t16-/m0/s1. The normalized spacial score (nSPS) is 16.6. The minimum Gasteiger partial charge on any atom is -0.465 e. The third kappa shape index (κ3) is 3.73. The van der Waals surface area contributed by atoms with E-state index in [1.54, 1.807) is 34.4 Å². The number of aromatic nitrogens is 2. The molecule has 0 amide bonds. The van der Waals surface area contributed by atoms with Gasteiger partial charge in [0, 0.05) is 4.88 Å². The number of fused-ring (bicyclic) bond motifs is 3. The zero-order valence-electron chi connectivity index (χ0n) is 17.3. The first-order valence-electron chi connectivity index (χ1n) is 9.95. The van der Waals surface area contributed by atoms with Crippen molar-refractivity contribution in [3.8, 4) is 0 Å².